The number of hydrogen-bond donors (Lipinski definition) is 1. The molecule has 0 aliphatic rings. The van der Waals surface area contributed by atoms with Crippen LogP contribution in [0, 0.1) is 0 Å². The van der Waals surface area contributed by atoms with E-state index in [4.69, 9.17) is 5.11 Å². The highest BCUT2D eigenvalue weighted by Gasteiger charge is 1.91. The van der Waals surface area contributed by atoms with Crippen molar-refractivity contribution in [1.82, 2.24) is 0 Å². The van der Waals surface area contributed by atoms with E-state index in [2.05, 4.69) is 6.92 Å². The zero-order chi connectivity index (χ0) is 10.5. The van der Waals surface area contributed by atoms with Crippen molar-refractivity contribution in [1.29, 1.82) is 0 Å². The van der Waals surface area contributed by atoms with E-state index in [1.165, 1.54) is 64.2 Å². The number of unbranched alkanes of at least 4 members (excludes halogenated alkanes) is 10. The summed E-state index contributed by atoms with van der Waals surface area (Å²) in [7, 11) is 0. The van der Waals surface area contributed by atoms with Crippen LogP contribution in [0.15, 0.2) is 0 Å². The van der Waals surface area contributed by atoms with Gasteiger partial charge in [-0.05, 0) is 6.42 Å². The molecule has 0 amide bonds. The molecule has 1 N–H and O–H groups in total. The third-order valence-electron chi connectivity index (χ3n) is 2.76. The molecule has 0 aromatic heterocycles. The number of aliphatic hydroxyl groups excluding tert-OH is 1. The summed E-state index contributed by atoms with van der Waals surface area (Å²) in [5.74, 6) is 0. The van der Waals surface area contributed by atoms with Gasteiger partial charge in [-0.2, -0.15) is 0 Å². The molecular weight excluding hydrogens is 191 g/mol. The first-order valence-corrected chi connectivity index (χ1v) is 6.52. The maximum atomic E-state index is 8.59. The Bertz CT molecular complexity index is 84.5. The molecule has 0 aliphatic heterocycles. The Morgan fingerprint density at radius 1 is 0.600 bits per heavy atom. The molecule has 0 saturated carbocycles. The van der Waals surface area contributed by atoms with Gasteiger partial charge in [0.05, 0.1) is 0 Å². The minimum Gasteiger partial charge on any atom is -0.396 e. The summed E-state index contributed by atoms with van der Waals surface area (Å²) in [6.45, 7) is 2.64. The minimum atomic E-state index is 0. The first-order valence-electron chi connectivity index (χ1n) is 6.52. The highest BCUT2D eigenvalue weighted by Crippen LogP contribution is 2.10. The van der Waals surface area contributed by atoms with E-state index in [9.17, 15) is 0 Å². The molecule has 0 aromatic carbocycles. The second kappa shape index (κ2) is 16.3. The molecule has 2 heteroatoms. The SMILES string of the molecule is CCCCCCCCCCCCCO.F. The maximum Gasteiger partial charge on any atom is 0.0431 e. The van der Waals surface area contributed by atoms with Gasteiger partial charge in [-0.15, -0.1) is 0 Å². The van der Waals surface area contributed by atoms with Crippen LogP contribution in [0.3, 0.4) is 0 Å². The fourth-order valence-corrected chi connectivity index (χ4v) is 1.78. The molecule has 0 atom stereocenters. The molecule has 1 nitrogen and oxygen atoms in total. The Morgan fingerprint density at radius 3 is 1.27 bits per heavy atom. The van der Waals surface area contributed by atoms with Crippen molar-refractivity contribution in [2.45, 2.75) is 77.6 Å². The molecule has 0 radical (unpaired) electrons. The first kappa shape index (κ1) is 17.3. The lowest BCUT2D eigenvalue weighted by Crippen LogP contribution is -1.84. The van der Waals surface area contributed by atoms with E-state index in [0.717, 1.165) is 6.42 Å². The summed E-state index contributed by atoms with van der Waals surface area (Å²) in [5, 5.41) is 8.59. The van der Waals surface area contributed by atoms with Crippen LogP contribution in [-0.2, 0) is 0 Å². The molecule has 0 bridgehead atoms. The summed E-state index contributed by atoms with van der Waals surface area (Å²) in [6.07, 6.45) is 14.8. The molecule has 0 spiro atoms. The van der Waals surface area contributed by atoms with Crippen LogP contribution >= 0.6 is 0 Å². The molecule has 94 valence electrons. The Labute approximate surface area is 94.6 Å². The molecule has 0 heterocycles. The van der Waals surface area contributed by atoms with Crippen molar-refractivity contribution in [3.63, 3.8) is 0 Å². The molecule has 0 unspecified atom stereocenters. The average Bonchev–Trinajstić information content (AvgIpc) is 2.21. The van der Waals surface area contributed by atoms with Crippen LogP contribution in [0.5, 0.6) is 0 Å². The second-order valence-corrected chi connectivity index (χ2v) is 4.26. The van der Waals surface area contributed by atoms with E-state index in [0.29, 0.717) is 6.61 Å². The molecule has 15 heavy (non-hydrogen) atoms. The lowest BCUT2D eigenvalue weighted by Gasteiger charge is -2.01. The van der Waals surface area contributed by atoms with Gasteiger partial charge in [0, 0.05) is 6.61 Å². The zero-order valence-electron chi connectivity index (χ0n) is 10.3. The number of aliphatic hydroxyl groups is 1. The second-order valence-electron chi connectivity index (χ2n) is 4.26. The lowest BCUT2D eigenvalue weighted by molar-refractivity contribution is 0.282. The number of rotatable bonds is 11. The first-order chi connectivity index (χ1) is 6.91. The fourth-order valence-electron chi connectivity index (χ4n) is 1.78. The van der Waals surface area contributed by atoms with Crippen molar-refractivity contribution in [3.05, 3.63) is 0 Å². The van der Waals surface area contributed by atoms with Crippen LogP contribution in [0.25, 0.3) is 0 Å². The van der Waals surface area contributed by atoms with Crippen molar-refractivity contribution in [2.24, 2.45) is 0 Å². The molecule has 0 fully saturated rings. The van der Waals surface area contributed by atoms with Gasteiger partial charge < -0.3 is 5.11 Å². The predicted octanol–water partition coefficient (Wildman–Crippen LogP) is 4.44. The molecule has 0 aliphatic carbocycles. The van der Waals surface area contributed by atoms with E-state index in [1.807, 2.05) is 0 Å². The van der Waals surface area contributed by atoms with Crippen molar-refractivity contribution in [3.8, 4) is 0 Å². The lowest BCUT2D eigenvalue weighted by atomic mass is 10.1. The van der Waals surface area contributed by atoms with Crippen LogP contribution in [-0.4, -0.2) is 11.7 Å². The van der Waals surface area contributed by atoms with Gasteiger partial charge in [0.2, 0.25) is 0 Å². The maximum absolute atomic E-state index is 8.59. The third kappa shape index (κ3) is 16.6. The summed E-state index contributed by atoms with van der Waals surface area (Å²) in [4.78, 5) is 0. The zero-order valence-corrected chi connectivity index (χ0v) is 10.3. The Hall–Kier alpha value is -0.110. The Balaban J connectivity index is 0. The quantitative estimate of drug-likeness (QED) is 0.510. The van der Waals surface area contributed by atoms with E-state index >= 15 is 0 Å². The summed E-state index contributed by atoms with van der Waals surface area (Å²) >= 11 is 0. The number of hydrogen-bond acceptors (Lipinski definition) is 1. The highest BCUT2D eigenvalue weighted by molar-refractivity contribution is 4.47. The molecule has 0 rings (SSSR count). The summed E-state index contributed by atoms with van der Waals surface area (Å²) in [5.41, 5.74) is 0. The van der Waals surface area contributed by atoms with Gasteiger partial charge in [0.1, 0.15) is 0 Å². The van der Waals surface area contributed by atoms with Crippen molar-refractivity contribution in [2.75, 3.05) is 6.61 Å². The fraction of sp³-hybridized carbons (Fsp3) is 1.00. The Kier molecular flexibility index (Phi) is 18.8. The normalized spacial score (nSPS) is 10.0. The predicted molar refractivity (Wildman–Crippen MR) is 66.0 cm³/mol. The average molecular weight is 220 g/mol. The third-order valence-corrected chi connectivity index (χ3v) is 2.76. The molecule has 0 aromatic rings. The standard InChI is InChI=1S/C13H28O.FH/c1-2-3-4-5-6-7-8-9-10-11-12-13-14;/h14H,2-13H2,1H3;1H. The largest absolute Gasteiger partial charge is 0.396 e. The van der Waals surface area contributed by atoms with Crippen LogP contribution in [0.4, 0.5) is 4.70 Å². The topological polar surface area (TPSA) is 20.2 Å². The number of halogens is 1. The smallest absolute Gasteiger partial charge is 0.0431 e. The van der Waals surface area contributed by atoms with E-state index < -0.39 is 0 Å². The summed E-state index contributed by atoms with van der Waals surface area (Å²) < 4.78 is 0. The van der Waals surface area contributed by atoms with Gasteiger partial charge in [0.15, 0.2) is 0 Å². The summed E-state index contributed by atoms with van der Waals surface area (Å²) in [6, 6.07) is 0. The van der Waals surface area contributed by atoms with Crippen LogP contribution in [0.1, 0.15) is 77.6 Å². The van der Waals surface area contributed by atoms with Crippen molar-refractivity contribution < 1.29 is 9.81 Å². The van der Waals surface area contributed by atoms with Crippen LogP contribution in [0.2, 0.25) is 0 Å². The Morgan fingerprint density at radius 2 is 0.933 bits per heavy atom. The van der Waals surface area contributed by atoms with Gasteiger partial charge in [-0.1, -0.05) is 71.1 Å². The van der Waals surface area contributed by atoms with Gasteiger partial charge >= 0.3 is 0 Å². The van der Waals surface area contributed by atoms with Gasteiger partial charge in [-0.3, -0.25) is 4.70 Å². The minimum absolute atomic E-state index is 0. The van der Waals surface area contributed by atoms with Crippen LogP contribution < -0.4 is 0 Å². The molecule has 0 saturated heterocycles. The van der Waals surface area contributed by atoms with E-state index in [-0.39, 0.29) is 4.70 Å². The van der Waals surface area contributed by atoms with Crippen molar-refractivity contribution >= 4 is 0 Å². The molecular formula is C13H29FO. The highest BCUT2D eigenvalue weighted by atomic mass is 19.0. The van der Waals surface area contributed by atoms with E-state index in [1.54, 1.807) is 0 Å². The monoisotopic (exact) mass is 220 g/mol. The van der Waals surface area contributed by atoms with Gasteiger partial charge in [-0.25, -0.2) is 0 Å². The van der Waals surface area contributed by atoms with Gasteiger partial charge in [0.25, 0.3) is 0 Å².